The van der Waals surface area contributed by atoms with Crippen molar-refractivity contribution in [3.05, 3.63) is 65.5 Å². The molecule has 26 heavy (non-hydrogen) atoms. The molecule has 1 heterocycles. The molecular formula is C20H16N2O4. The minimum Gasteiger partial charge on any atom is -0.493 e. The number of hydrogen-bond donors (Lipinski definition) is 0. The fraction of sp³-hybridized carbons (Fsp3) is 0.150. The number of nitrogens with zero attached hydrogens (tertiary/aromatic N) is 2. The maximum atomic E-state index is 12.3. The van der Waals surface area contributed by atoms with Gasteiger partial charge in [0.1, 0.15) is 5.76 Å². The molecule has 0 spiro atoms. The van der Waals surface area contributed by atoms with Crippen LogP contribution in [-0.4, -0.2) is 18.1 Å². The normalized spacial score (nSPS) is 10.2. The number of nitriles is 1. The second kappa shape index (κ2) is 7.53. The SMILES string of the molecule is COc1cc(C#N)ccc1OC(=O)Cc1nc(-c2ccccc2)oc1C. The average molecular weight is 348 g/mol. The first-order chi connectivity index (χ1) is 12.6. The maximum Gasteiger partial charge on any atom is 0.317 e. The van der Waals surface area contributed by atoms with Crippen molar-refractivity contribution in [1.82, 2.24) is 4.98 Å². The lowest BCUT2D eigenvalue weighted by molar-refractivity contribution is -0.133. The molecular weight excluding hydrogens is 332 g/mol. The van der Waals surface area contributed by atoms with E-state index in [1.807, 2.05) is 36.4 Å². The van der Waals surface area contributed by atoms with E-state index in [2.05, 4.69) is 4.98 Å². The number of esters is 1. The fourth-order valence-corrected chi connectivity index (χ4v) is 2.41. The Bertz CT molecular complexity index is 971. The Labute approximate surface area is 150 Å². The summed E-state index contributed by atoms with van der Waals surface area (Å²) in [4.78, 5) is 16.7. The molecule has 0 radical (unpaired) electrons. The number of methoxy groups -OCH3 is 1. The molecule has 0 saturated carbocycles. The van der Waals surface area contributed by atoms with Gasteiger partial charge >= 0.3 is 5.97 Å². The highest BCUT2D eigenvalue weighted by Gasteiger charge is 2.17. The first-order valence-corrected chi connectivity index (χ1v) is 7.91. The van der Waals surface area contributed by atoms with Crippen molar-refractivity contribution >= 4 is 5.97 Å². The van der Waals surface area contributed by atoms with E-state index in [1.165, 1.54) is 19.2 Å². The van der Waals surface area contributed by atoms with Gasteiger partial charge in [0.25, 0.3) is 0 Å². The first-order valence-electron chi connectivity index (χ1n) is 7.91. The molecule has 0 amide bonds. The van der Waals surface area contributed by atoms with Gasteiger partial charge in [-0.1, -0.05) is 18.2 Å². The van der Waals surface area contributed by atoms with E-state index in [1.54, 1.807) is 13.0 Å². The lowest BCUT2D eigenvalue weighted by Crippen LogP contribution is -2.12. The lowest BCUT2D eigenvalue weighted by atomic mass is 10.2. The van der Waals surface area contributed by atoms with Gasteiger partial charge in [0.05, 0.1) is 30.9 Å². The maximum absolute atomic E-state index is 12.3. The largest absolute Gasteiger partial charge is 0.493 e. The van der Waals surface area contributed by atoms with E-state index >= 15 is 0 Å². The van der Waals surface area contributed by atoms with Gasteiger partial charge in [-0.15, -0.1) is 0 Å². The number of oxazole rings is 1. The van der Waals surface area contributed by atoms with Crippen molar-refractivity contribution < 1.29 is 18.7 Å². The standard InChI is InChI=1S/C20H16N2O4/c1-13-16(22-20(25-13)15-6-4-3-5-7-15)11-19(23)26-17-9-8-14(12-21)10-18(17)24-2/h3-10H,11H2,1-2H3. The zero-order chi connectivity index (χ0) is 18.5. The monoisotopic (exact) mass is 348 g/mol. The smallest absolute Gasteiger partial charge is 0.317 e. The van der Waals surface area contributed by atoms with Gasteiger partial charge in [-0.2, -0.15) is 5.26 Å². The Hall–Kier alpha value is -3.59. The Morgan fingerprint density at radius 3 is 2.65 bits per heavy atom. The third-order valence-electron chi connectivity index (χ3n) is 3.74. The Morgan fingerprint density at radius 2 is 1.96 bits per heavy atom. The topological polar surface area (TPSA) is 85.4 Å². The Morgan fingerprint density at radius 1 is 1.19 bits per heavy atom. The molecule has 0 saturated heterocycles. The number of rotatable bonds is 5. The second-order valence-corrected chi connectivity index (χ2v) is 5.52. The van der Waals surface area contributed by atoms with Crippen molar-refractivity contribution in [2.45, 2.75) is 13.3 Å². The highest BCUT2D eigenvalue weighted by Crippen LogP contribution is 2.28. The van der Waals surface area contributed by atoms with Crippen LogP contribution in [0.4, 0.5) is 0 Å². The minimum atomic E-state index is -0.496. The average Bonchev–Trinajstić information content (AvgIpc) is 3.03. The summed E-state index contributed by atoms with van der Waals surface area (Å²) in [7, 11) is 1.45. The Kier molecular flexibility index (Phi) is 4.99. The molecule has 6 heteroatoms. The molecule has 1 aromatic heterocycles. The predicted octanol–water partition coefficient (Wildman–Crippen LogP) is 3.68. The van der Waals surface area contributed by atoms with Crippen molar-refractivity contribution in [2.75, 3.05) is 7.11 Å². The van der Waals surface area contributed by atoms with Crippen molar-refractivity contribution in [3.63, 3.8) is 0 Å². The third kappa shape index (κ3) is 3.73. The molecule has 2 aromatic carbocycles. The van der Waals surface area contributed by atoms with E-state index in [0.29, 0.717) is 28.7 Å². The van der Waals surface area contributed by atoms with Gasteiger partial charge in [0.15, 0.2) is 11.5 Å². The zero-order valence-electron chi connectivity index (χ0n) is 14.4. The zero-order valence-corrected chi connectivity index (χ0v) is 14.4. The summed E-state index contributed by atoms with van der Waals surface area (Å²) in [5.74, 6) is 1.10. The van der Waals surface area contributed by atoms with Crippen LogP contribution in [0.1, 0.15) is 17.0 Å². The minimum absolute atomic E-state index is 0.0364. The van der Waals surface area contributed by atoms with Crippen LogP contribution in [0.3, 0.4) is 0 Å². The summed E-state index contributed by atoms with van der Waals surface area (Å²) >= 11 is 0. The van der Waals surface area contributed by atoms with Crippen LogP contribution in [0.5, 0.6) is 11.5 Å². The summed E-state index contributed by atoms with van der Waals surface area (Å²) in [6.07, 6.45) is -0.0364. The van der Waals surface area contributed by atoms with Gasteiger partial charge < -0.3 is 13.9 Å². The van der Waals surface area contributed by atoms with Crippen molar-refractivity contribution in [1.29, 1.82) is 5.26 Å². The fourth-order valence-electron chi connectivity index (χ4n) is 2.41. The van der Waals surface area contributed by atoms with Crippen LogP contribution in [-0.2, 0) is 11.2 Å². The van der Waals surface area contributed by atoms with E-state index in [9.17, 15) is 4.79 Å². The molecule has 0 aliphatic heterocycles. The Balaban J connectivity index is 1.75. The third-order valence-corrected chi connectivity index (χ3v) is 3.74. The van der Waals surface area contributed by atoms with E-state index in [4.69, 9.17) is 19.2 Å². The number of ether oxygens (including phenoxy) is 2. The summed E-state index contributed by atoms with van der Waals surface area (Å²) in [6.45, 7) is 1.75. The van der Waals surface area contributed by atoms with E-state index < -0.39 is 5.97 Å². The van der Waals surface area contributed by atoms with Crippen molar-refractivity contribution in [2.24, 2.45) is 0 Å². The van der Waals surface area contributed by atoms with Gasteiger partial charge in [0.2, 0.25) is 5.89 Å². The molecule has 130 valence electrons. The highest BCUT2D eigenvalue weighted by atomic mass is 16.6. The van der Waals surface area contributed by atoms with Gasteiger partial charge in [-0.3, -0.25) is 4.79 Å². The lowest BCUT2D eigenvalue weighted by Gasteiger charge is -2.08. The van der Waals surface area contributed by atoms with Gasteiger partial charge in [0, 0.05) is 11.6 Å². The van der Waals surface area contributed by atoms with E-state index in [0.717, 1.165) is 5.56 Å². The van der Waals surface area contributed by atoms with Crippen LogP contribution in [0.25, 0.3) is 11.5 Å². The molecule has 3 rings (SSSR count). The van der Waals surface area contributed by atoms with Crippen LogP contribution in [0, 0.1) is 18.3 Å². The molecule has 3 aromatic rings. The summed E-state index contributed by atoms with van der Waals surface area (Å²) in [5, 5.41) is 8.92. The summed E-state index contributed by atoms with van der Waals surface area (Å²) in [6, 6.07) is 16.1. The van der Waals surface area contributed by atoms with Gasteiger partial charge in [-0.25, -0.2) is 4.98 Å². The summed E-state index contributed by atoms with van der Waals surface area (Å²) < 4.78 is 16.2. The van der Waals surface area contributed by atoms with Gasteiger partial charge in [-0.05, 0) is 31.2 Å². The van der Waals surface area contributed by atoms with Crippen LogP contribution >= 0.6 is 0 Å². The number of aromatic nitrogens is 1. The number of aryl methyl sites for hydroxylation is 1. The number of carbonyl (C=O) groups excluding carboxylic acids is 1. The first kappa shape index (κ1) is 17.2. The summed E-state index contributed by atoms with van der Waals surface area (Å²) in [5.41, 5.74) is 1.77. The van der Waals surface area contributed by atoms with E-state index in [-0.39, 0.29) is 12.2 Å². The highest BCUT2D eigenvalue weighted by molar-refractivity contribution is 5.76. The van der Waals surface area contributed by atoms with Crippen molar-refractivity contribution in [3.8, 4) is 29.0 Å². The van der Waals surface area contributed by atoms with Crippen LogP contribution in [0.15, 0.2) is 52.9 Å². The molecule has 0 unspecified atom stereocenters. The number of carbonyl (C=O) groups is 1. The molecule has 0 N–H and O–H groups in total. The molecule has 0 aliphatic rings. The molecule has 6 nitrogen and oxygen atoms in total. The number of hydrogen-bond acceptors (Lipinski definition) is 6. The second-order valence-electron chi connectivity index (χ2n) is 5.52. The molecule has 0 atom stereocenters. The van der Waals surface area contributed by atoms with Crippen LogP contribution in [0.2, 0.25) is 0 Å². The molecule has 0 bridgehead atoms. The quantitative estimate of drug-likeness (QED) is 0.516. The van der Waals surface area contributed by atoms with Crippen LogP contribution < -0.4 is 9.47 Å². The number of benzene rings is 2. The molecule has 0 aliphatic carbocycles. The molecule has 0 fully saturated rings. The predicted molar refractivity (Wildman–Crippen MR) is 93.7 cm³/mol.